The highest BCUT2D eigenvalue weighted by molar-refractivity contribution is 5.81. The van der Waals surface area contributed by atoms with Gasteiger partial charge in [-0.25, -0.2) is 0 Å². The molecule has 1 aromatic carbocycles. The molecule has 0 aliphatic heterocycles. The Hall–Kier alpha value is -1.52. The Balaban J connectivity index is 1.79. The van der Waals surface area contributed by atoms with Crippen molar-refractivity contribution in [2.75, 3.05) is 6.54 Å². The summed E-state index contributed by atoms with van der Waals surface area (Å²) in [7, 11) is 0. The normalized spacial score (nSPS) is 22.1. The van der Waals surface area contributed by atoms with Crippen molar-refractivity contribution < 1.29 is 18.0 Å². The highest BCUT2D eigenvalue weighted by atomic mass is 19.4. The maximum absolute atomic E-state index is 12.4. The van der Waals surface area contributed by atoms with Crippen LogP contribution in [0.25, 0.3) is 0 Å². The maximum Gasteiger partial charge on any atom is 0.416 e. The highest BCUT2D eigenvalue weighted by Crippen LogP contribution is 2.37. The van der Waals surface area contributed by atoms with Gasteiger partial charge < -0.3 is 5.32 Å². The summed E-state index contributed by atoms with van der Waals surface area (Å²) in [6, 6.07) is 5.05. The molecule has 0 saturated heterocycles. The Morgan fingerprint density at radius 3 is 2.37 bits per heavy atom. The van der Waals surface area contributed by atoms with Crippen molar-refractivity contribution in [3.63, 3.8) is 0 Å². The summed E-state index contributed by atoms with van der Waals surface area (Å²) in [5.74, 6) is 0.651. The number of carbonyl (C=O) groups is 1. The quantitative estimate of drug-likeness (QED) is 0.896. The molecule has 5 heteroatoms. The lowest BCUT2D eigenvalue weighted by molar-refractivity contribution is -0.137. The molecule has 2 atom stereocenters. The Bertz CT molecular complexity index is 453. The smallest absolute Gasteiger partial charge is 0.356 e. The Morgan fingerprint density at radius 2 is 1.89 bits per heavy atom. The fourth-order valence-corrected chi connectivity index (χ4v) is 2.01. The van der Waals surface area contributed by atoms with Crippen molar-refractivity contribution >= 4 is 5.91 Å². The van der Waals surface area contributed by atoms with Crippen LogP contribution in [0.15, 0.2) is 24.3 Å². The number of amides is 1. The van der Waals surface area contributed by atoms with Crippen LogP contribution in [0.4, 0.5) is 13.2 Å². The lowest BCUT2D eigenvalue weighted by Gasteiger charge is -2.08. The number of benzene rings is 1. The first-order valence-corrected chi connectivity index (χ1v) is 6.32. The Labute approximate surface area is 110 Å². The molecule has 0 unspecified atom stereocenters. The third-order valence-electron chi connectivity index (χ3n) is 3.44. The van der Waals surface area contributed by atoms with E-state index in [4.69, 9.17) is 0 Å². The second kappa shape index (κ2) is 5.23. The molecule has 1 amide bonds. The molecule has 2 rings (SSSR count). The van der Waals surface area contributed by atoms with Gasteiger partial charge in [0.15, 0.2) is 0 Å². The van der Waals surface area contributed by atoms with Crippen molar-refractivity contribution in [2.45, 2.75) is 25.9 Å². The molecule has 1 fully saturated rings. The van der Waals surface area contributed by atoms with Gasteiger partial charge in [0.1, 0.15) is 0 Å². The second-order valence-electron chi connectivity index (χ2n) is 5.06. The third kappa shape index (κ3) is 3.72. The molecule has 0 aromatic heterocycles. The molecule has 1 aliphatic rings. The number of carbonyl (C=O) groups excluding carboxylic acids is 1. The van der Waals surface area contributed by atoms with Crippen molar-refractivity contribution in [1.82, 2.24) is 5.32 Å². The molecule has 0 heterocycles. The zero-order valence-electron chi connectivity index (χ0n) is 10.6. The van der Waals surface area contributed by atoms with Gasteiger partial charge in [-0.05, 0) is 36.5 Å². The van der Waals surface area contributed by atoms with E-state index in [0.29, 0.717) is 18.9 Å². The molecule has 0 bridgehead atoms. The van der Waals surface area contributed by atoms with Crippen LogP contribution in [0.5, 0.6) is 0 Å². The van der Waals surface area contributed by atoms with E-state index in [0.717, 1.165) is 24.1 Å². The molecule has 2 nitrogen and oxygen atoms in total. The van der Waals surface area contributed by atoms with E-state index in [1.165, 1.54) is 12.1 Å². The first kappa shape index (κ1) is 13.9. The van der Waals surface area contributed by atoms with Crippen LogP contribution < -0.4 is 5.32 Å². The molecule has 1 N–H and O–H groups in total. The molecule has 0 radical (unpaired) electrons. The molecular formula is C14H16F3NO. The van der Waals surface area contributed by atoms with E-state index in [2.05, 4.69) is 5.32 Å². The predicted octanol–water partition coefficient (Wildman–Crippen LogP) is 3.02. The first-order chi connectivity index (χ1) is 8.88. The molecule has 19 heavy (non-hydrogen) atoms. The monoisotopic (exact) mass is 271 g/mol. The number of rotatable bonds is 4. The van der Waals surface area contributed by atoms with Crippen LogP contribution >= 0.6 is 0 Å². The predicted molar refractivity (Wildman–Crippen MR) is 65.4 cm³/mol. The number of hydrogen-bond acceptors (Lipinski definition) is 1. The lowest BCUT2D eigenvalue weighted by Crippen LogP contribution is -2.27. The number of hydrogen-bond donors (Lipinski definition) is 1. The SMILES string of the molecule is C[C@H]1C[C@H]1C(=O)NCCc1ccc(C(F)(F)F)cc1. The zero-order chi connectivity index (χ0) is 14.0. The highest BCUT2D eigenvalue weighted by Gasteiger charge is 2.38. The Kier molecular flexibility index (Phi) is 3.83. The van der Waals surface area contributed by atoms with Gasteiger partial charge in [0.25, 0.3) is 0 Å². The zero-order valence-corrected chi connectivity index (χ0v) is 10.6. The minimum atomic E-state index is -4.30. The average molecular weight is 271 g/mol. The van der Waals surface area contributed by atoms with E-state index in [1.807, 2.05) is 6.92 Å². The second-order valence-corrected chi connectivity index (χ2v) is 5.06. The largest absolute Gasteiger partial charge is 0.416 e. The van der Waals surface area contributed by atoms with Crippen molar-refractivity contribution in [2.24, 2.45) is 11.8 Å². The summed E-state index contributed by atoms with van der Waals surface area (Å²) in [5, 5.41) is 2.81. The fourth-order valence-electron chi connectivity index (χ4n) is 2.01. The van der Waals surface area contributed by atoms with Crippen LogP contribution in [0.2, 0.25) is 0 Å². The van der Waals surface area contributed by atoms with Gasteiger partial charge in [-0.1, -0.05) is 19.1 Å². The third-order valence-corrected chi connectivity index (χ3v) is 3.44. The minimum Gasteiger partial charge on any atom is -0.356 e. The summed E-state index contributed by atoms with van der Waals surface area (Å²) in [5.41, 5.74) is 0.143. The summed E-state index contributed by atoms with van der Waals surface area (Å²) in [6.07, 6.45) is -2.81. The number of nitrogens with one attached hydrogen (secondary N) is 1. The molecule has 0 spiro atoms. The van der Waals surface area contributed by atoms with Crippen LogP contribution in [0, 0.1) is 11.8 Å². The van der Waals surface area contributed by atoms with Gasteiger partial charge in [-0.3, -0.25) is 4.79 Å². The van der Waals surface area contributed by atoms with Gasteiger partial charge in [-0.2, -0.15) is 13.2 Å². The van der Waals surface area contributed by atoms with Gasteiger partial charge in [0.2, 0.25) is 5.91 Å². The summed E-state index contributed by atoms with van der Waals surface area (Å²) in [4.78, 5) is 11.5. The van der Waals surface area contributed by atoms with Crippen molar-refractivity contribution in [3.05, 3.63) is 35.4 Å². The standard InChI is InChI=1S/C14H16F3NO/c1-9-8-12(9)13(19)18-7-6-10-2-4-11(5-3-10)14(15,16)17/h2-5,9,12H,6-8H2,1H3,(H,18,19)/t9-,12+/m0/s1. The van der Waals surface area contributed by atoms with E-state index >= 15 is 0 Å². The van der Waals surface area contributed by atoms with E-state index in [-0.39, 0.29) is 11.8 Å². The molecule has 1 saturated carbocycles. The van der Waals surface area contributed by atoms with Gasteiger partial charge in [0.05, 0.1) is 5.56 Å². The van der Waals surface area contributed by atoms with Crippen molar-refractivity contribution in [3.8, 4) is 0 Å². The topological polar surface area (TPSA) is 29.1 Å². The summed E-state index contributed by atoms with van der Waals surface area (Å²) in [6.45, 7) is 2.49. The van der Waals surface area contributed by atoms with Crippen LogP contribution in [-0.4, -0.2) is 12.5 Å². The summed E-state index contributed by atoms with van der Waals surface area (Å²) >= 11 is 0. The van der Waals surface area contributed by atoms with E-state index in [1.54, 1.807) is 0 Å². The number of halogens is 3. The van der Waals surface area contributed by atoms with Crippen LogP contribution in [-0.2, 0) is 17.4 Å². The van der Waals surface area contributed by atoms with Gasteiger partial charge in [-0.15, -0.1) is 0 Å². The molecule has 1 aliphatic carbocycles. The first-order valence-electron chi connectivity index (χ1n) is 6.32. The summed E-state index contributed by atoms with van der Waals surface area (Å²) < 4.78 is 37.1. The lowest BCUT2D eigenvalue weighted by atomic mass is 10.1. The average Bonchev–Trinajstić information content (AvgIpc) is 3.06. The number of alkyl halides is 3. The van der Waals surface area contributed by atoms with Crippen LogP contribution in [0.3, 0.4) is 0 Å². The maximum atomic E-state index is 12.4. The van der Waals surface area contributed by atoms with Gasteiger partial charge in [0, 0.05) is 12.5 Å². The van der Waals surface area contributed by atoms with Crippen molar-refractivity contribution in [1.29, 1.82) is 0 Å². The molecular weight excluding hydrogens is 255 g/mol. The molecule has 104 valence electrons. The minimum absolute atomic E-state index is 0.0550. The fraction of sp³-hybridized carbons (Fsp3) is 0.500. The van der Waals surface area contributed by atoms with E-state index in [9.17, 15) is 18.0 Å². The van der Waals surface area contributed by atoms with E-state index < -0.39 is 11.7 Å². The Morgan fingerprint density at radius 1 is 1.32 bits per heavy atom. The van der Waals surface area contributed by atoms with Gasteiger partial charge >= 0.3 is 6.18 Å². The van der Waals surface area contributed by atoms with Crippen LogP contribution in [0.1, 0.15) is 24.5 Å². The molecule has 1 aromatic rings.